The number of rotatable bonds is 9. The molecule has 0 heterocycles. The fourth-order valence-corrected chi connectivity index (χ4v) is 3.73. The zero-order valence-corrected chi connectivity index (χ0v) is 15.7. The number of benzene rings is 2. The Bertz CT molecular complexity index is 909. The van der Waals surface area contributed by atoms with Crippen LogP contribution in [0.5, 0.6) is 5.75 Å². The van der Waals surface area contributed by atoms with Gasteiger partial charge in [0.1, 0.15) is 11.5 Å². The van der Waals surface area contributed by atoms with Gasteiger partial charge in [0.25, 0.3) is 0 Å². The maximum Gasteiger partial charge on any atom is 0.335 e. The van der Waals surface area contributed by atoms with Gasteiger partial charge in [-0.15, -0.1) is 0 Å². The van der Waals surface area contributed by atoms with Gasteiger partial charge in [0.15, 0.2) is 9.84 Å². The molecule has 0 aromatic heterocycles. The molecule has 0 radical (unpaired) electrons. The molecule has 0 aliphatic carbocycles. The lowest BCUT2D eigenvalue weighted by atomic mass is 10.1. The van der Waals surface area contributed by atoms with E-state index < -0.39 is 27.5 Å². The summed E-state index contributed by atoms with van der Waals surface area (Å²) >= 11 is 0. The molecule has 0 aliphatic heterocycles. The smallest absolute Gasteiger partial charge is 0.335 e. The first-order chi connectivity index (χ1) is 12.8. The lowest BCUT2D eigenvalue weighted by molar-refractivity contribution is -0.113. The van der Waals surface area contributed by atoms with Crippen LogP contribution in [0.25, 0.3) is 0 Å². The predicted octanol–water partition coefficient (Wildman–Crippen LogP) is 2.38. The summed E-state index contributed by atoms with van der Waals surface area (Å²) in [6.07, 6.45) is 1.04. The molecule has 0 aliphatic rings. The first-order valence-corrected chi connectivity index (χ1v) is 10.1. The molecule has 8 heteroatoms. The Morgan fingerprint density at radius 2 is 1.81 bits per heavy atom. The molecule has 0 unspecified atom stereocenters. The van der Waals surface area contributed by atoms with E-state index in [2.05, 4.69) is 5.32 Å². The normalized spacial score (nSPS) is 11.0. The van der Waals surface area contributed by atoms with Crippen molar-refractivity contribution in [2.45, 2.75) is 12.8 Å². The van der Waals surface area contributed by atoms with Crippen molar-refractivity contribution in [2.24, 2.45) is 0 Å². The molecule has 0 fully saturated rings. The quantitative estimate of drug-likeness (QED) is 0.679. The van der Waals surface area contributed by atoms with Crippen LogP contribution in [0.15, 0.2) is 48.5 Å². The number of carboxylic acids is 1. The van der Waals surface area contributed by atoms with Crippen molar-refractivity contribution in [3.8, 4) is 5.75 Å². The summed E-state index contributed by atoms with van der Waals surface area (Å²) in [5.74, 6) is -2.43. The third-order valence-electron chi connectivity index (χ3n) is 3.84. The largest absolute Gasteiger partial charge is 0.495 e. The number of ether oxygens (including phenoxy) is 1. The molecule has 0 spiro atoms. The molecule has 2 N–H and O–H groups in total. The van der Waals surface area contributed by atoms with E-state index in [1.54, 1.807) is 0 Å². The molecular weight excluding hydrogens is 370 g/mol. The van der Waals surface area contributed by atoms with Crippen molar-refractivity contribution >= 4 is 27.4 Å². The van der Waals surface area contributed by atoms with Crippen molar-refractivity contribution < 1.29 is 27.9 Å². The highest BCUT2D eigenvalue weighted by Gasteiger charge is 2.18. The minimum absolute atomic E-state index is 0.00150. The van der Waals surface area contributed by atoms with Gasteiger partial charge in [-0.1, -0.05) is 30.3 Å². The molecule has 1 amide bonds. The van der Waals surface area contributed by atoms with Crippen molar-refractivity contribution in [1.82, 2.24) is 0 Å². The highest BCUT2D eigenvalue weighted by atomic mass is 32.2. The number of hydrogen-bond acceptors (Lipinski definition) is 5. The van der Waals surface area contributed by atoms with Gasteiger partial charge in [0.05, 0.1) is 24.1 Å². The minimum Gasteiger partial charge on any atom is -0.495 e. The number of aryl methyl sites for hydroxylation is 1. The molecule has 2 aromatic rings. The zero-order valence-electron chi connectivity index (χ0n) is 14.8. The predicted molar refractivity (Wildman–Crippen MR) is 102 cm³/mol. The maximum atomic E-state index is 12.1. The molecule has 0 atom stereocenters. The second kappa shape index (κ2) is 9.18. The lowest BCUT2D eigenvalue weighted by Gasteiger charge is -2.11. The Morgan fingerprint density at radius 3 is 2.44 bits per heavy atom. The van der Waals surface area contributed by atoms with Crippen LogP contribution < -0.4 is 10.1 Å². The van der Waals surface area contributed by atoms with Crippen LogP contribution in [0.2, 0.25) is 0 Å². The van der Waals surface area contributed by atoms with E-state index in [9.17, 15) is 18.0 Å². The third kappa shape index (κ3) is 6.41. The Hall–Kier alpha value is -2.87. The van der Waals surface area contributed by atoms with E-state index in [4.69, 9.17) is 9.84 Å². The topological polar surface area (TPSA) is 110 Å². The first-order valence-electron chi connectivity index (χ1n) is 8.26. The Balaban J connectivity index is 1.93. The fourth-order valence-electron chi connectivity index (χ4n) is 2.53. The molecule has 7 nitrogen and oxygen atoms in total. The Kier molecular flexibility index (Phi) is 6.95. The number of hydrogen-bond donors (Lipinski definition) is 2. The summed E-state index contributed by atoms with van der Waals surface area (Å²) in [5, 5.41) is 11.4. The number of carbonyl (C=O) groups excluding carboxylic acids is 1. The van der Waals surface area contributed by atoms with Gasteiger partial charge < -0.3 is 15.2 Å². The number of anilines is 1. The number of carbonyl (C=O) groups is 2. The van der Waals surface area contributed by atoms with Crippen LogP contribution in [0.4, 0.5) is 5.69 Å². The number of aromatic carboxylic acids is 1. The summed E-state index contributed by atoms with van der Waals surface area (Å²) in [5.41, 5.74) is 1.26. The van der Waals surface area contributed by atoms with Crippen LogP contribution in [0.3, 0.4) is 0 Å². The number of methoxy groups -OCH3 is 1. The van der Waals surface area contributed by atoms with Crippen molar-refractivity contribution in [3.05, 3.63) is 59.7 Å². The molecule has 144 valence electrons. The summed E-state index contributed by atoms with van der Waals surface area (Å²) in [4.78, 5) is 23.1. The molecule has 27 heavy (non-hydrogen) atoms. The molecule has 0 bridgehead atoms. The highest BCUT2D eigenvalue weighted by Crippen LogP contribution is 2.25. The highest BCUT2D eigenvalue weighted by molar-refractivity contribution is 7.92. The van der Waals surface area contributed by atoms with Gasteiger partial charge >= 0.3 is 5.97 Å². The summed E-state index contributed by atoms with van der Waals surface area (Å²) in [6, 6.07) is 13.4. The summed E-state index contributed by atoms with van der Waals surface area (Å²) < 4.78 is 29.4. The van der Waals surface area contributed by atoms with Crippen LogP contribution in [-0.2, 0) is 21.1 Å². The van der Waals surface area contributed by atoms with Crippen molar-refractivity contribution in [1.29, 1.82) is 0 Å². The standard InChI is InChI=1S/C19H21NO6S/c1-26-17-12-15(19(22)23)9-10-16(17)20-18(21)13-27(24,25)11-5-8-14-6-3-2-4-7-14/h2-4,6-7,9-10,12H,5,8,11,13H2,1H3,(H,20,21)(H,22,23). The molecule has 2 rings (SSSR count). The van der Waals surface area contributed by atoms with Crippen molar-refractivity contribution in [2.75, 3.05) is 23.9 Å². The molecular formula is C19H21NO6S. The maximum absolute atomic E-state index is 12.1. The van der Waals surface area contributed by atoms with Gasteiger partial charge in [0, 0.05) is 0 Å². The second-order valence-electron chi connectivity index (χ2n) is 5.95. The lowest BCUT2D eigenvalue weighted by Crippen LogP contribution is -2.25. The van der Waals surface area contributed by atoms with Crippen LogP contribution in [0.1, 0.15) is 22.3 Å². The van der Waals surface area contributed by atoms with E-state index in [1.807, 2.05) is 30.3 Å². The third-order valence-corrected chi connectivity index (χ3v) is 5.45. The number of carboxylic acid groups (broad SMARTS) is 1. The van der Waals surface area contributed by atoms with Gasteiger partial charge in [-0.25, -0.2) is 13.2 Å². The minimum atomic E-state index is -3.56. The van der Waals surface area contributed by atoms with E-state index in [-0.39, 0.29) is 22.8 Å². The number of amides is 1. The van der Waals surface area contributed by atoms with E-state index in [0.29, 0.717) is 12.8 Å². The average molecular weight is 391 g/mol. The summed E-state index contributed by atoms with van der Waals surface area (Å²) in [6.45, 7) is 0. The molecule has 0 saturated carbocycles. The monoisotopic (exact) mass is 391 g/mol. The van der Waals surface area contributed by atoms with E-state index in [1.165, 1.54) is 25.3 Å². The SMILES string of the molecule is COc1cc(C(=O)O)ccc1NC(=O)CS(=O)(=O)CCCc1ccccc1. The van der Waals surface area contributed by atoms with Crippen molar-refractivity contribution in [3.63, 3.8) is 0 Å². The van der Waals surface area contributed by atoms with Gasteiger partial charge in [-0.3, -0.25) is 4.79 Å². The number of sulfone groups is 1. The van der Waals surface area contributed by atoms with Crippen LogP contribution in [-0.4, -0.2) is 44.0 Å². The summed E-state index contributed by atoms with van der Waals surface area (Å²) in [7, 11) is -2.23. The fraction of sp³-hybridized carbons (Fsp3) is 0.263. The van der Waals surface area contributed by atoms with Gasteiger partial charge in [-0.2, -0.15) is 0 Å². The Morgan fingerprint density at radius 1 is 1.11 bits per heavy atom. The Labute approximate surface area is 157 Å². The zero-order chi connectivity index (χ0) is 19.9. The van der Waals surface area contributed by atoms with E-state index in [0.717, 1.165) is 5.56 Å². The van der Waals surface area contributed by atoms with Crippen LogP contribution in [0, 0.1) is 0 Å². The van der Waals surface area contributed by atoms with Crippen LogP contribution >= 0.6 is 0 Å². The van der Waals surface area contributed by atoms with E-state index >= 15 is 0 Å². The molecule has 2 aromatic carbocycles. The van der Waals surface area contributed by atoms with Gasteiger partial charge in [-0.05, 0) is 36.6 Å². The molecule has 0 saturated heterocycles. The second-order valence-corrected chi connectivity index (χ2v) is 8.13. The average Bonchev–Trinajstić information content (AvgIpc) is 2.62. The number of nitrogens with one attached hydrogen (secondary N) is 1. The van der Waals surface area contributed by atoms with Gasteiger partial charge in [0.2, 0.25) is 5.91 Å². The first kappa shape index (κ1) is 20.4.